The van der Waals surface area contributed by atoms with Crippen LogP contribution in [0.25, 0.3) is 22.2 Å². The van der Waals surface area contributed by atoms with Crippen LogP contribution in [0.3, 0.4) is 0 Å². The van der Waals surface area contributed by atoms with Crippen LogP contribution in [0.4, 0.5) is 0 Å². The van der Waals surface area contributed by atoms with Crippen LogP contribution >= 0.6 is 0 Å². The van der Waals surface area contributed by atoms with E-state index in [0.717, 1.165) is 65.4 Å². The molecule has 0 bridgehead atoms. The van der Waals surface area contributed by atoms with Crippen LogP contribution in [0.1, 0.15) is 19.8 Å². The molecular formula is C24H30N2O3. The fraction of sp³-hybridized carbons (Fsp3) is 0.375. The van der Waals surface area contributed by atoms with Crippen molar-refractivity contribution in [1.82, 2.24) is 9.88 Å². The van der Waals surface area contributed by atoms with E-state index in [1.807, 2.05) is 48.5 Å². The summed E-state index contributed by atoms with van der Waals surface area (Å²) >= 11 is 0. The lowest BCUT2D eigenvalue weighted by Gasteiger charge is -2.14. The largest absolute Gasteiger partial charge is 0.497 e. The minimum absolute atomic E-state index is 0.651. The van der Waals surface area contributed by atoms with Gasteiger partial charge in [-0.25, -0.2) is 4.98 Å². The zero-order valence-electron chi connectivity index (χ0n) is 17.8. The number of fused-ring (bicyclic) bond motifs is 1. The van der Waals surface area contributed by atoms with Gasteiger partial charge in [0.2, 0.25) is 0 Å². The maximum atomic E-state index is 6.16. The van der Waals surface area contributed by atoms with Gasteiger partial charge < -0.3 is 19.1 Å². The molecule has 0 spiro atoms. The molecule has 0 aliphatic carbocycles. The molecule has 5 nitrogen and oxygen atoms in total. The Balaban J connectivity index is 1.91. The Bertz CT molecular complexity index is 923. The molecule has 1 heterocycles. The van der Waals surface area contributed by atoms with E-state index in [9.17, 15) is 0 Å². The zero-order valence-corrected chi connectivity index (χ0v) is 17.8. The van der Waals surface area contributed by atoms with Crippen molar-refractivity contribution < 1.29 is 14.2 Å². The minimum Gasteiger partial charge on any atom is -0.497 e. The second kappa shape index (κ2) is 10.1. The summed E-state index contributed by atoms with van der Waals surface area (Å²) in [6.45, 7) is 4.46. The molecule has 0 aliphatic rings. The van der Waals surface area contributed by atoms with Crippen molar-refractivity contribution in [2.75, 3.05) is 41.0 Å². The van der Waals surface area contributed by atoms with Gasteiger partial charge in [-0.1, -0.05) is 6.92 Å². The second-order valence-corrected chi connectivity index (χ2v) is 7.27. The van der Waals surface area contributed by atoms with E-state index in [2.05, 4.69) is 25.9 Å². The number of nitrogens with zero attached hydrogens (tertiary/aromatic N) is 2. The van der Waals surface area contributed by atoms with Crippen molar-refractivity contribution in [3.63, 3.8) is 0 Å². The van der Waals surface area contributed by atoms with E-state index in [4.69, 9.17) is 19.2 Å². The molecule has 3 aromatic rings. The molecule has 3 rings (SSSR count). The minimum atomic E-state index is 0.651. The summed E-state index contributed by atoms with van der Waals surface area (Å²) < 4.78 is 17.2. The standard InChI is InChI=1S/C24H30N2O3/c1-5-14-28-19-9-7-18(8-10-19)23-17-24(29-15-6-13-26(2)3)21-16-20(27-4)11-12-22(21)25-23/h7-12,16-17H,5-6,13-15H2,1-4H3. The third-order valence-corrected chi connectivity index (χ3v) is 4.61. The highest BCUT2D eigenvalue weighted by Gasteiger charge is 2.11. The first-order valence-corrected chi connectivity index (χ1v) is 10.1. The molecule has 0 N–H and O–H groups in total. The van der Waals surface area contributed by atoms with Gasteiger partial charge in [-0.3, -0.25) is 0 Å². The maximum absolute atomic E-state index is 6.16. The predicted octanol–water partition coefficient (Wildman–Crippen LogP) is 5.03. The van der Waals surface area contributed by atoms with Crippen molar-refractivity contribution in [1.29, 1.82) is 0 Å². The van der Waals surface area contributed by atoms with Crippen molar-refractivity contribution in [2.45, 2.75) is 19.8 Å². The molecule has 0 amide bonds. The Morgan fingerprint density at radius 3 is 2.34 bits per heavy atom. The summed E-state index contributed by atoms with van der Waals surface area (Å²) in [5, 5.41) is 0.959. The third kappa shape index (κ3) is 5.61. The normalized spacial score (nSPS) is 11.1. The molecule has 0 fully saturated rings. The molecule has 0 saturated heterocycles. The Kier molecular flexibility index (Phi) is 7.30. The van der Waals surface area contributed by atoms with Gasteiger partial charge in [0.05, 0.1) is 31.5 Å². The van der Waals surface area contributed by atoms with Gasteiger partial charge >= 0.3 is 0 Å². The average Bonchev–Trinajstić information content (AvgIpc) is 2.74. The van der Waals surface area contributed by atoms with Crippen molar-refractivity contribution in [2.24, 2.45) is 0 Å². The molecule has 0 radical (unpaired) electrons. The van der Waals surface area contributed by atoms with Crippen LogP contribution in [0.15, 0.2) is 48.5 Å². The smallest absolute Gasteiger partial charge is 0.130 e. The number of ether oxygens (including phenoxy) is 3. The summed E-state index contributed by atoms with van der Waals surface area (Å²) in [5.41, 5.74) is 2.80. The Morgan fingerprint density at radius 1 is 0.897 bits per heavy atom. The van der Waals surface area contributed by atoms with E-state index < -0.39 is 0 Å². The van der Waals surface area contributed by atoms with Gasteiger partial charge in [0.1, 0.15) is 17.2 Å². The topological polar surface area (TPSA) is 43.8 Å². The predicted molar refractivity (Wildman–Crippen MR) is 118 cm³/mol. The summed E-state index contributed by atoms with van der Waals surface area (Å²) in [6.07, 6.45) is 1.95. The SMILES string of the molecule is CCCOc1ccc(-c2cc(OCCCN(C)C)c3cc(OC)ccc3n2)cc1. The molecular weight excluding hydrogens is 364 g/mol. The molecule has 2 aromatic carbocycles. The number of rotatable bonds is 10. The number of benzene rings is 2. The molecule has 0 aliphatic heterocycles. The van der Waals surface area contributed by atoms with Gasteiger partial charge in [0, 0.05) is 23.6 Å². The molecule has 154 valence electrons. The molecule has 0 unspecified atom stereocenters. The molecule has 1 aromatic heterocycles. The number of aromatic nitrogens is 1. The second-order valence-electron chi connectivity index (χ2n) is 7.27. The molecule has 5 heteroatoms. The lowest BCUT2D eigenvalue weighted by atomic mass is 10.1. The van der Waals surface area contributed by atoms with Crippen LogP contribution in [-0.2, 0) is 0 Å². The van der Waals surface area contributed by atoms with E-state index in [-0.39, 0.29) is 0 Å². The van der Waals surface area contributed by atoms with Gasteiger partial charge in [0.25, 0.3) is 0 Å². The van der Waals surface area contributed by atoms with Crippen LogP contribution in [0, 0.1) is 0 Å². The van der Waals surface area contributed by atoms with E-state index in [0.29, 0.717) is 6.61 Å². The highest BCUT2D eigenvalue weighted by molar-refractivity contribution is 5.89. The first kappa shape index (κ1) is 20.9. The van der Waals surface area contributed by atoms with Crippen molar-refractivity contribution in [3.05, 3.63) is 48.5 Å². The average molecular weight is 395 g/mol. The number of hydrogen-bond donors (Lipinski definition) is 0. The zero-order chi connectivity index (χ0) is 20.6. The van der Waals surface area contributed by atoms with Crippen molar-refractivity contribution >= 4 is 10.9 Å². The fourth-order valence-corrected chi connectivity index (χ4v) is 3.07. The summed E-state index contributed by atoms with van der Waals surface area (Å²) in [7, 11) is 5.81. The van der Waals surface area contributed by atoms with Gasteiger partial charge in [-0.05, 0) is 69.4 Å². The maximum Gasteiger partial charge on any atom is 0.130 e. The van der Waals surface area contributed by atoms with Crippen molar-refractivity contribution in [3.8, 4) is 28.5 Å². The first-order valence-electron chi connectivity index (χ1n) is 10.1. The van der Waals surface area contributed by atoms with Crippen LogP contribution < -0.4 is 14.2 Å². The lowest BCUT2D eigenvalue weighted by Crippen LogP contribution is -2.15. The highest BCUT2D eigenvalue weighted by Crippen LogP contribution is 2.33. The summed E-state index contributed by atoms with van der Waals surface area (Å²) in [6, 6.07) is 16.0. The lowest BCUT2D eigenvalue weighted by molar-refractivity contribution is 0.284. The summed E-state index contributed by atoms with van der Waals surface area (Å²) in [5.74, 6) is 2.50. The van der Waals surface area contributed by atoms with E-state index in [1.165, 1.54) is 0 Å². The van der Waals surface area contributed by atoms with E-state index in [1.54, 1.807) is 7.11 Å². The monoisotopic (exact) mass is 394 g/mol. The Hall–Kier alpha value is -2.79. The number of methoxy groups -OCH3 is 1. The van der Waals surface area contributed by atoms with Gasteiger partial charge in [-0.15, -0.1) is 0 Å². The fourth-order valence-electron chi connectivity index (χ4n) is 3.07. The number of pyridine rings is 1. The van der Waals surface area contributed by atoms with Crippen LogP contribution in [-0.4, -0.2) is 50.8 Å². The molecule has 0 saturated carbocycles. The van der Waals surface area contributed by atoms with Crippen LogP contribution in [0.5, 0.6) is 17.2 Å². The number of hydrogen-bond acceptors (Lipinski definition) is 5. The van der Waals surface area contributed by atoms with Gasteiger partial charge in [-0.2, -0.15) is 0 Å². The molecule has 0 atom stereocenters. The molecule has 29 heavy (non-hydrogen) atoms. The van der Waals surface area contributed by atoms with Crippen LogP contribution in [0.2, 0.25) is 0 Å². The Labute approximate surface area is 173 Å². The third-order valence-electron chi connectivity index (χ3n) is 4.61. The summed E-state index contributed by atoms with van der Waals surface area (Å²) in [4.78, 5) is 7.00. The van der Waals surface area contributed by atoms with E-state index >= 15 is 0 Å². The quantitative estimate of drug-likeness (QED) is 0.451. The van der Waals surface area contributed by atoms with Gasteiger partial charge in [0.15, 0.2) is 0 Å². The first-order chi connectivity index (χ1) is 14.1. The highest BCUT2D eigenvalue weighted by atomic mass is 16.5. The Morgan fingerprint density at radius 2 is 1.66 bits per heavy atom.